The van der Waals surface area contributed by atoms with E-state index in [2.05, 4.69) is 10.6 Å². The Morgan fingerprint density at radius 3 is 2.30 bits per heavy atom. The number of nitrogens with one attached hydrogen (secondary N) is 2. The van der Waals surface area contributed by atoms with Gasteiger partial charge in [0, 0.05) is 36.6 Å². The summed E-state index contributed by atoms with van der Waals surface area (Å²) >= 11 is 0. The van der Waals surface area contributed by atoms with E-state index in [9.17, 15) is 27.9 Å². The highest BCUT2D eigenvalue weighted by molar-refractivity contribution is 6.00. The van der Waals surface area contributed by atoms with Crippen LogP contribution in [-0.2, 0) is 14.3 Å². The lowest BCUT2D eigenvalue weighted by Gasteiger charge is -2.25. The van der Waals surface area contributed by atoms with E-state index in [0.717, 1.165) is 5.56 Å². The maximum atomic E-state index is 13.7. The van der Waals surface area contributed by atoms with Crippen molar-refractivity contribution in [1.82, 2.24) is 0 Å². The molecule has 2 unspecified atom stereocenters. The molecule has 2 amide bonds. The quantitative estimate of drug-likeness (QED) is 0.429. The van der Waals surface area contributed by atoms with Crippen molar-refractivity contribution in [2.45, 2.75) is 38.5 Å². The van der Waals surface area contributed by atoms with Crippen molar-refractivity contribution in [3.63, 3.8) is 0 Å². The van der Waals surface area contributed by atoms with Gasteiger partial charge in [-0.05, 0) is 37.6 Å². The molecule has 0 fully saturated rings. The first-order chi connectivity index (χ1) is 15.5. The summed E-state index contributed by atoms with van der Waals surface area (Å²) in [4.78, 5) is 23.8. The third kappa shape index (κ3) is 7.76. The number of ether oxygens (including phenoxy) is 2. The zero-order valence-corrected chi connectivity index (χ0v) is 18.5. The maximum Gasteiger partial charge on any atom is 0.418 e. The smallest absolute Gasteiger partial charge is 0.418 e. The molecule has 0 aliphatic heterocycles. The van der Waals surface area contributed by atoms with E-state index in [-0.39, 0.29) is 30.9 Å². The van der Waals surface area contributed by atoms with Gasteiger partial charge in [0.1, 0.15) is 0 Å². The van der Waals surface area contributed by atoms with Gasteiger partial charge in [-0.25, -0.2) is 4.79 Å². The van der Waals surface area contributed by atoms with E-state index >= 15 is 0 Å². The molecule has 2 rings (SSSR count). The first-order valence-electron chi connectivity index (χ1n) is 10.2. The van der Waals surface area contributed by atoms with Crippen LogP contribution >= 0.6 is 0 Å². The van der Waals surface area contributed by atoms with Crippen LogP contribution in [0.4, 0.5) is 29.3 Å². The summed E-state index contributed by atoms with van der Waals surface area (Å²) in [5.74, 6) is -1.71. The fourth-order valence-corrected chi connectivity index (χ4v) is 3.30. The van der Waals surface area contributed by atoms with Gasteiger partial charge in [-0.1, -0.05) is 29.8 Å². The molecule has 0 heterocycles. The second-order valence-electron chi connectivity index (χ2n) is 7.42. The lowest BCUT2D eigenvalue weighted by Crippen LogP contribution is -2.27. The number of aliphatic carboxylic acids is 1. The van der Waals surface area contributed by atoms with Crippen molar-refractivity contribution in [2.75, 3.05) is 31.0 Å². The molecule has 0 saturated carbocycles. The Balaban J connectivity index is 2.45. The fourth-order valence-electron chi connectivity index (χ4n) is 3.30. The van der Waals surface area contributed by atoms with E-state index < -0.39 is 30.2 Å². The van der Waals surface area contributed by atoms with E-state index in [1.807, 2.05) is 6.92 Å². The molecule has 0 spiro atoms. The van der Waals surface area contributed by atoms with E-state index in [1.165, 1.54) is 32.2 Å². The average Bonchev–Trinajstić information content (AvgIpc) is 2.72. The Kier molecular flexibility index (Phi) is 9.24. The summed E-state index contributed by atoms with van der Waals surface area (Å²) in [5.41, 5.74) is 1.41. The number of carboxylic acid groups (broad SMARTS) is 1. The number of hydrogen-bond donors (Lipinski definition) is 3. The Morgan fingerprint density at radius 1 is 1.09 bits per heavy atom. The fraction of sp³-hybridized carbons (Fsp3) is 0.391. The molecule has 3 N–H and O–H groups in total. The van der Waals surface area contributed by atoms with Crippen LogP contribution in [0.1, 0.15) is 42.1 Å². The van der Waals surface area contributed by atoms with E-state index in [4.69, 9.17) is 9.47 Å². The van der Waals surface area contributed by atoms with Gasteiger partial charge >= 0.3 is 18.2 Å². The van der Waals surface area contributed by atoms with Crippen molar-refractivity contribution in [3.05, 3.63) is 59.2 Å². The minimum absolute atomic E-state index is 0.0365. The number of aryl methyl sites for hydroxylation is 1. The average molecular weight is 468 g/mol. The van der Waals surface area contributed by atoms with Crippen LogP contribution in [0.3, 0.4) is 0 Å². The number of benzene rings is 2. The summed E-state index contributed by atoms with van der Waals surface area (Å²) < 4.78 is 51.1. The van der Waals surface area contributed by atoms with E-state index in [0.29, 0.717) is 11.3 Å². The van der Waals surface area contributed by atoms with Crippen LogP contribution in [0.2, 0.25) is 0 Å². The van der Waals surface area contributed by atoms with Crippen molar-refractivity contribution in [1.29, 1.82) is 0 Å². The number of halogens is 3. The molecule has 2 atom stereocenters. The number of methoxy groups -OCH3 is 1. The third-order valence-corrected chi connectivity index (χ3v) is 4.81. The van der Waals surface area contributed by atoms with Gasteiger partial charge < -0.3 is 25.2 Å². The Labute approximate surface area is 189 Å². The summed E-state index contributed by atoms with van der Waals surface area (Å²) in [7, 11) is 1.40. The van der Waals surface area contributed by atoms with Crippen LogP contribution in [-0.4, -0.2) is 43.6 Å². The van der Waals surface area contributed by atoms with E-state index in [1.54, 1.807) is 24.3 Å². The van der Waals surface area contributed by atoms with Gasteiger partial charge in [0.15, 0.2) is 6.10 Å². The molecule has 0 aliphatic carbocycles. The maximum absolute atomic E-state index is 13.7. The molecular weight excluding hydrogens is 441 g/mol. The highest BCUT2D eigenvalue weighted by Crippen LogP contribution is 2.40. The molecule has 0 saturated heterocycles. The first-order valence-corrected chi connectivity index (χ1v) is 10.2. The van der Waals surface area contributed by atoms with Crippen LogP contribution in [0.25, 0.3) is 0 Å². The van der Waals surface area contributed by atoms with Crippen molar-refractivity contribution < 1.29 is 37.3 Å². The Morgan fingerprint density at radius 2 is 1.76 bits per heavy atom. The van der Waals surface area contributed by atoms with Crippen molar-refractivity contribution in [2.24, 2.45) is 0 Å². The molecular formula is C23H27F3N2O5. The lowest BCUT2D eigenvalue weighted by atomic mass is 9.93. The summed E-state index contributed by atoms with van der Waals surface area (Å²) in [6.45, 7) is 3.15. The largest absolute Gasteiger partial charge is 0.481 e. The predicted molar refractivity (Wildman–Crippen MR) is 118 cm³/mol. The molecule has 0 bridgehead atoms. The van der Waals surface area contributed by atoms with Gasteiger partial charge in [0.05, 0.1) is 13.0 Å². The molecule has 7 nitrogen and oxygen atoms in total. The minimum Gasteiger partial charge on any atom is -0.481 e. The SMILES string of the molecule is CCOC(c1ccc(C(COC)CC(=O)O)cc1NC(=O)Nc1ccc(C)cc1)C(F)(F)F. The molecule has 10 heteroatoms. The van der Waals surface area contributed by atoms with Crippen LogP contribution in [0.15, 0.2) is 42.5 Å². The number of carboxylic acids is 1. The zero-order chi connectivity index (χ0) is 24.6. The number of rotatable bonds is 10. The predicted octanol–water partition coefficient (Wildman–Crippen LogP) is 5.48. The standard InChI is InChI=1S/C23H27F3N2O5/c1-4-33-21(23(24,25)26)18-10-7-15(16(13-32-3)12-20(29)30)11-19(18)28-22(31)27-17-8-5-14(2)6-9-17/h5-11,16,21H,4,12-13H2,1-3H3,(H,29,30)(H2,27,28,31). The second-order valence-corrected chi connectivity index (χ2v) is 7.42. The van der Waals surface area contributed by atoms with Gasteiger partial charge in [0.25, 0.3) is 0 Å². The van der Waals surface area contributed by atoms with Crippen molar-refractivity contribution >= 4 is 23.4 Å². The number of carbonyl (C=O) groups is 2. The highest BCUT2D eigenvalue weighted by atomic mass is 19.4. The number of alkyl halides is 3. The number of urea groups is 1. The molecule has 0 radical (unpaired) electrons. The molecule has 0 aromatic heterocycles. The van der Waals surface area contributed by atoms with Gasteiger partial charge in [-0.2, -0.15) is 13.2 Å². The van der Waals surface area contributed by atoms with Crippen LogP contribution in [0.5, 0.6) is 0 Å². The minimum atomic E-state index is -4.73. The van der Waals surface area contributed by atoms with Gasteiger partial charge in [0.2, 0.25) is 0 Å². The Hall–Kier alpha value is -3.11. The van der Waals surface area contributed by atoms with Gasteiger partial charge in [-0.15, -0.1) is 0 Å². The summed E-state index contributed by atoms with van der Waals surface area (Å²) in [6, 6.07) is 10.0. The molecule has 180 valence electrons. The molecule has 33 heavy (non-hydrogen) atoms. The van der Waals surface area contributed by atoms with Crippen LogP contribution < -0.4 is 10.6 Å². The number of anilines is 2. The topological polar surface area (TPSA) is 96.9 Å². The third-order valence-electron chi connectivity index (χ3n) is 4.81. The molecule has 2 aromatic carbocycles. The van der Waals surface area contributed by atoms with Gasteiger partial charge in [-0.3, -0.25) is 4.79 Å². The second kappa shape index (κ2) is 11.7. The number of amides is 2. The Bertz CT molecular complexity index is 948. The lowest BCUT2D eigenvalue weighted by molar-refractivity contribution is -0.222. The first kappa shape index (κ1) is 26.1. The highest BCUT2D eigenvalue weighted by Gasteiger charge is 2.43. The van der Waals surface area contributed by atoms with Crippen molar-refractivity contribution in [3.8, 4) is 0 Å². The number of carbonyl (C=O) groups excluding carboxylic acids is 1. The molecule has 0 aliphatic rings. The van der Waals surface area contributed by atoms with Crippen LogP contribution in [0, 0.1) is 6.92 Å². The normalized spacial score (nSPS) is 13.3. The molecule has 2 aromatic rings. The monoisotopic (exact) mass is 468 g/mol. The summed E-state index contributed by atoms with van der Waals surface area (Å²) in [5, 5.41) is 14.2. The summed E-state index contributed by atoms with van der Waals surface area (Å²) in [6.07, 6.45) is -7.29. The zero-order valence-electron chi connectivity index (χ0n) is 18.5. The number of hydrogen-bond acceptors (Lipinski definition) is 4.